The van der Waals surface area contributed by atoms with Crippen LogP contribution in [0.25, 0.3) is 0 Å². The molecule has 30 heavy (non-hydrogen) atoms. The maximum atomic E-state index is 12.5. The molecular formula is C18H23F3N6O3. The summed E-state index contributed by atoms with van der Waals surface area (Å²) in [5, 5.41) is 20.7. The Morgan fingerprint density at radius 1 is 1.37 bits per heavy atom. The van der Waals surface area contributed by atoms with Crippen molar-refractivity contribution in [1.29, 1.82) is 0 Å². The van der Waals surface area contributed by atoms with Gasteiger partial charge in [0, 0.05) is 18.7 Å². The summed E-state index contributed by atoms with van der Waals surface area (Å²) < 4.78 is 43.9. The molecule has 0 amide bonds. The lowest BCUT2D eigenvalue weighted by Crippen LogP contribution is -2.38. The van der Waals surface area contributed by atoms with Gasteiger partial charge in [-0.2, -0.15) is 18.3 Å². The molecule has 2 aromatic rings. The Labute approximate surface area is 171 Å². The van der Waals surface area contributed by atoms with Crippen LogP contribution in [0.3, 0.4) is 0 Å². The predicted octanol–water partition coefficient (Wildman–Crippen LogP) is 2.80. The van der Waals surface area contributed by atoms with Crippen LogP contribution in [0, 0.1) is 17.0 Å². The van der Waals surface area contributed by atoms with E-state index in [-0.39, 0.29) is 18.0 Å². The Kier molecular flexibility index (Phi) is 8.01. The normalized spacial score (nSPS) is 12.0. The van der Waals surface area contributed by atoms with Crippen LogP contribution in [0.2, 0.25) is 0 Å². The Bertz CT molecular complexity index is 882. The van der Waals surface area contributed by atoms with Gasteiger partial charge >= 0.3 is 11.9 Å². The number of ether oxygens (including phenoxy) is 1. The zero-order chi connectivity index (χ0) is 22.1. The van der Waals surface area contributed by atoms with Gasteiger partial charge in [-0.15, -0.1) is 0 Å². The first kappa shape index (κ1) is 23.0. The van der Waals surface area contributed by atoms with Crippen molar-refractivity contribution in [2.24, 2.45) is 4.99 Å². The molecule has 0 radical (unpaired) electrons. The van der Waals surface area contributed by atoms with Gasteiger partial charge in [-0.1, -0.05) is 12.1 Å². The summed E-state index contributed by atoms with van der Waals surface area (Å²) in [6, 6.07) is 4.99. The number of aryl methyl sites for hydroxylation is 1. The first-order valence-electron chi connectivity index (χ1n) is 9.16. The SMILES string of the molecule is CCNC(=NCc1ccc(C)cc1OCC(F)(F)F)NCCn1cc([N+](=O)[O-])cn1. The van der Waals surface area contributed by atoms with E-state index in [2.05, 4.69) is 20.7 Å². The minimum Gasteiger partial charge on any atom is -0.484 e. The Balaban J connectivity index is 2.00. The van der Waals surface area contributed by atoms with Gasteiger partial charge in [0.15, 0.2) is 12.6 Å². The highest BCUT2D eigenvalue weighted by atomic mass is 19.4. The first-order valence-corrected chi connectivity index (χ1v) is 9.16. The number of alkyl halides is 3. The number of hydrogen-bond donors (Lipinski definition) is 2. The van der Waals surface area contributed by atoms with E-state index in [1.165, 1.54) is 17.1 Å². The first-order chi connectivity index (χ1) is 14.2. The second-order valence-electron chi connectivity index (χ2n) is 6.36. The van der Waals surface area contributed by atoms with Gasteiger partial charge in [-0.25, -0.2) is 4.99 Å². The van der Waals surface area contributed by atoms with Crippen LogP contribution >= 0.6 is 0 Å². The number of nitrogens with zero attached hydrogens (tertiary/aromatic N) is 4. The van der Waals surface area contributed by atoms with E-state index in [0.29, 0.717) is 31.2 Å². The number of rotatable bonds is 9. The fourth-order valence-electron chi connectivity index (χ4n) is 2.45. The minimum atomic E-state index is -4.43. The third-order valence-corrected chi connectivity index (χ3v) is 3.83. The van der Waals surface area contributed by atoms with Gasteiger partial charge < -0.3 is 15.4 Å². The number of benzene rings is 1. The van der Waals surface area contributed by atoms with E-state index in [1.807, 2.05) is 6.92 Å². The van der Waals surface area contributed by atoms with E-state index in [4.69, 9.17) is 4.74 Å². The van der Waals surface area contributed by atoms with Crippen molar-refractivity contribution >= 4 is 11.6 Å². The number of aliphatic imine (C=N–C) groups is 1. The highest BCUT2D eigenvalue weighted by Crippen LogP contribution is 2.24. The molecule has 0 bridgehead atoms. The summed E-state index contributed by atoms with van der Waals surface area (Å²) in [5.74, 6) is 0.581. The van der Waals surface area contributed by atoms with Gasteiger partial charge in [0.2, 0.25) is 0 Å². The second-order valence-corrected chi connectivity index (χ2v) is 6.36. The van der Waals surface area contributed by atoms with Crippen molar-refractivity contribution in [3.05, 3.63) is 51.8 Å². The van der Waals surface area contributed by atoms with E-state index in [0.717, 1.165) is 5.56 Å². The largest absolute Gasteiger partial charge is 0.484 e. The Hall–Kier alpha value is -3.31. The van der Waals surface area contributed by atoms with E-state index in [1.54, 1.807) is 25.1 Å². The second kappa shape index (κ2) is 10.5. The quantitative estimate of drug-likeness (QED) is 0.275. The average Bonchev–Trinajstić information content (AvgIpc) is 3.14. The third-order valence-electron chi connectivity index (χ3n) is 3.83. The molecule has 1 aromatic carbocycles. The van der Waals surface area contributed by atoms with Crippen molar-refractivity contribution in [1.82, 2.24) is 20.4 Å². The molecule has 164 valence electrons. The smallest absolute Gasteiger partial charge is 0.422 e. The van der Waals surface area contributed by atoms with Crippen LogP contribution in [-0.4, -0.2) is 46.5 Å². The molecule has 0 aliphatic rings. The topological polar surface area (TPSA) is 107 Å². The van der Waals surface area contributed by atoms with Crippen molar-refractivity contribution in [2.75, 3.05) is 19.7 Å². The lowest BCUT2D eigenvalue weighted by molar-refractivity contribution is -0.385. The van der Waals surface area contributed by atoms with Crippen LogP contribution in [0.5, 0.6) is 5.75 Å². The molecule has 2 N–H and O–H groups in total. The number of guanidine groups is 1. The lowest BCUT2D eigenvalue weighted by atomic mass is 10.1. The fourth-order valence-corrected chi connectivity index (χ4v) is 2.45. The number of nitro groups is 1. The Morgan fingerprint density at radius 3 is 2.77 bits per heavy atom. The fraction of sp³-hybridized carbons (Fsp3) is 0.444. The lowest BCUT2D eigenvalue weighted by Gasteiger charge is -2.14. The minimum absolute atomic E-state index is 0.0960. The standard InChI is InChI=1S/C18H23F3N6O3/c1-3-22-17(23-6-7-26-11-15(10-25-26)27(28)29)24-9-14-5-4-13(2)8-16(14)30-12-18(19,20)21/h4-5,8,10-11H,3,6-7,9,12H2,1-2H3,(H2,22,23,24). The number of hydrogen-bond acceptors (Lipinski definition) is 5. The molecule has 0 unspecified atom stereocenters. The molecule has 0 aliphatic carbocycles. The number of nitrogens with one attached hydrogen (secondary N) is 2. The Morgan fingerprint density at radius 2 is 2.13 bits per heavy atom. The van der Waals surface area contributed by atoms with Gasteiger partial charge in [-0.3, -0.25) is 14.8 Å². The molecule has 9 nitrogen and oxygen atoms in total. The zero-order valence-corrected chi connectivity index (χ0v) is 16.6. The van der Waals surface area contributed by atoms with Gasteiger partial charge in [0.1, 0.15) is 18.1 Å². The van der Waals surface area contributed by atoms with Crippen LogP contribution in [-0.2, 0) is 13.1 Å². The van der Waals surface area contributed by atoms with Crippen LogP contribution in [0.15, 0.2) is 35.6 Å². The van der Waals surface area contributed by atoms with Gasteiger partial charge in [0.25, 0.3) is 0 Å². The maximum absolute atomic E-state index is 12.5. The van der Waals surface area contributed by atoms with Gasteiger partial charge in [-0.05, 0) is 25.5 Å². The summed E-state index contributed by atoms with van der Waals surface area (Å²) in [5.41, 5.74) is 1.20. The maximum Gasteiger partial charge on any atom is 0.422 e. The molecule has 0 spiro atoms. The monoisotopic (exact) mass is 428 g/mol. The highest BCUT2D eigenvalue weighted by molar-refractivity contribution is 5.79. The summed E-state index contributed by atoms with van der Waals surface area (Å²) in [7, 11) is 0. The molecule has 1 aromatic heterocycles. The molecule has 12 heteroatoms. The molecule has 1 heterocycles. The molecule has 0 saturated carbocycles. The molecule has 0 saturated heterocycles. The van der Waals surface area contributed by atoms with Crippen molar-refractivity contribution in [2.45, 2.75) is 33.1 Å². The van der Waals surface area contributed by atoms with Crippen LogP contribution < -0.4 is 15.4 Å². The van der Waals surface area contributed by atoms with Crippen molar-refractivity contribution in [3.63, 3.8) is 0 Å². The van der Waals surface area contributed by atoms with Gasteiger partial charge in [0.05, 0.1) is 18.0 Å². The number of halogens is 3. The summed E-state index contributed by atoms with van der Waals surface area (Å²) in [6.07, 6.45) is -1.94. The highest BCUT2D eigenvalue weighted by Gasteiger charge is 2.28. The average molecular weight is 428 g/mol. The predicted molar refractivity (Wildman–Crippen MR) is 104 cm³/mol. The van der Waals surface area contributed by atoms with E-state index < -0.39 is 17.7 Å². The number of aromatic nitrogens is 2. The summed E-state index contributed by atoms with van der Waals surface area (Å²) in [4.78, 5) is 14.5. The van der Waals surface area contributed by atoms with Crippen LogP contribution in [0.1, 0.15) is 18.1 Å². The zero-order valence-electron chi connectivity index (χ0n) is 16.6. The van der Waals surface area contributed by atoms with Crippen molar-refractivity contribution < 1.29 is 22.8 Å². The van der Waals surface area contributed by atoms with Crippen LogP contribution in [0.4, 0.5) is 18.9 Å². The van der Waals surface area contributed by atoms with E-state index in [9.17, 15) is 23.3 Å². The van der Waals surface area contributed by atoms with Crippen molar-refractivity contribution in [3.8, 4) is 5.75 Å². The summed E-state index contributed by atoms with van der Waals surface area (Å²) >= 11 is 0. The molecule has 0 fully saturated rings. The molecule has 0 aliphatic heterocycles. The molecule has 2 rings (SSSR count). The van der Waals surface area contributed by atoms with E-state index >= 15 is 0 Å². The molecular weight excluding hydrogens is 405 g/mol. The molecule has 0 atom stereocenters. The third kappa shape index (κ3) is 7.60. The summed E-state index contributed by atoms with van der Waals surface area (Å²) in [6.45, 7) is 3.69.